The number of benzene rings is 2. The lowest BCUT2D eigenvalue weighted by Crippen LogP contribution is -1.78. The second kappa shape index (κ2) is 4.23. The predicted octanol–water partition coefficient (Wildman–Crippen LogP) is 4.80. The van der Waals surface area contributed by atoms with Crippen LogP contribution in [0.15, 0.2) is 57.7 Å². The molecule has 0 aliphatic rings. The molecule has 0 fully saturated rings. The van der Waals surface area contributed by atoms with Crippen LogP contribution >= 0.6 is 0 Å². The van der Waals surface area contributed by atoms with Crippen LogP contribution in [-0.4, -0.2) is 4.98 Å². The lowest BCUT2D eigenvalue weighted by atomic mass is 10.1. The molecule has 0 N–H and O–H groups in total. The summed E-state index contributed by atoms with van der Waals surface area (Å²) < 4.78 is 11.4. The van der Waals surface area contributed by atoms with E-state index in [1.807, 2.05) is 12.1 Å². The first-order valence-electron chi connectivity index (χ1n) is 6.71. The van der Waals surface area contributed by atoms with Crippen molar-refractivity contribution in [3.05, 3.63) is 54.4 Å². The average Bonchev–Trinajstić information content (AvgIpc) is 3.13. The molecule has 0 saturated heterocycles. The molecule has 0 aliphatic heterocycles. The fourth-order valence-corrected chi connectivity index (χ4v) is 2.63. The van der Waals surface area contributed by atoms with E-state index in [-0.39, 0.29) is 0 Å². The van der Waals surface area contributed by atoms with E-state index >= 15 is 0 Å². The standard InChI is InChI=1S/C17H13NO2/c1-2-11-4-3-5-14-13-7-6-12(17-18-8-9-19-17)10-15(13)20-16(11)14/h3-10H,2H2,1H3. The molecule has 2 aromatic carbocycles. The first kappa shape index (κ1) is 11.3. The number of hydrogen-bond acceptors (Lipinski definition) is 3. The zero-order chi connectivity index (χ0) is 13.5. The second-order valence-electron chi connectivity index (χ2n) is 4.80. The van der Waals surface area contributed by atoms with Gasteiger partial charge in [-0.15, -0.1) is 0 Å². The number of para-hydroxylation sites is 1. The van der Waals surface area contributed by atoms with Crippen molar-refractivity contribution in [1.82, 2.24) is 4.98 Å². The van der Waals surface area contributed by atoms with Crippen LogP contribution in [0.2, 0.25) is 0 Å². The van der Waals surface area contributed by atoms with Gasteiger partial charge in [0.05, 0.1) is 6.20 Å². The maximum atomic E-state index is 6.04. The van der Waals surface area contributed by atoms with Gasteiger partial charge in [-0.3, -0.25) is 0 Å². The van der Waals surface area contributed by atoms with Crippen molar-refractivity contribution in [2.75, 3.05) is 0 Å². The van der Waals surface area contributed by atoms with E-state index in [9.17, 15) is 0 Å². The summed E-state index contributed by atoms with van der Waals surface area (Å²) in [6, 6.07) is 12.4. The molecule has 0 saturated carbocycles. The highest BCUT2D eigenvalue weighted by Crippen LogP contribution is 2.33. The van der Waals surface area contributed by atoms with Gasteiger partial charge in [-0.25, -0.2) is 4.98 Å². The summed E-state index contributed by atoms with van der Waals surface area (Å²) in [6.07, 6.45) is 4.18. The quantitative estimate of drug-likeness (QED) is 0.521. The van der Waals surface area contributed by atoms with Crippen LogP contribution in [0, 0.1) is 0 Å². The van der Waals surface area contributed by atoms with Crippen molar-refractivity contribution in [2.45, 2.75) is 13.3 Å². The summed E-state index contributed by atoms with van der Waals surface area (Å²) in [5, 5.41) is 2.30. The van der Waals surface area contributed by atoms with E-state index in [0.717, 1.165) is 28.5 Å². The summed E-state index contributed by atoms with van der Waals surface area (Å²) >= 11 is 0. The molecule has 3 heteroatoms. The molecule has 2 heterocycles. The topological polar surface area (TPSA) is 39.2 Å². The fourth-order valence-electron chi connectivity index (χ4n) is 2.63. The third kappa shape index (κ3) is 1.56. The highest BCUT2D eigenvalue weighted by atomic mass is 16.3. The highest BCUT2D eigenvalue weighted by molar-refractivity contribution is 6.06. The van der Waals surface area contributed by atoms with Gasteiger partial charge in [0, 0.05) is 16.3 Å². The Morgan fingerprint density at radius 3 is 2.85 bits per heavy atom. The smallest absolute Gasteiger partial charge is 0.225 e. The number of furan rings is 1. The van der Waals surface area contributed by atoms with Crippen LogP contribution in [0.25, 0.3) is 33.4 Å². The first-order chi connectivity index (χ1) is 9.86. The zero-order valence-corrected chi connectivity index (χ0v) is 11.1. The molecular weight excluding hydrogens is 250 g/mol. The number of aromatic nitrogens is 1. The monoisotopic (exact) mass is 263 g/mol. The molecule has 0 bridgehead atoms. The molecule has 0 aliphatic carbocycles. The van der Waals surface area contributed by atoms with Gasteiger partial charge < -0.3 is 8.83 Å². The van der Waals surface area contributed by atoms with Crippen LogP contribution in [0.5, 0.6) is 0 Å². The molecule has 4 rings (SSSR count). The Hall–Kier alpha value is -2.55. The Labute approximate surface area is 115 Å². The van der Waals surface area contributed by atoms with Gasteiger partial charge in [0.2, 0.25) is 5.89 Å². The molecule has 3 nitrogen and oxygen atoms in total. The molecule has 0 atom stereocenters. The number of fused-ring (bicyclic) bond motifs is 3. The Kier molecular flexibility index (Phi) is 2.39. The molecule has 98 valence electrons. The number of hydrogen-bond donors (Lipinski definition) is 0. The number of rotatable bonds is 2. The molecule has 20 heavy (non-hydrogen) atoms. The van der Waals surface area contributed by atoms with Gasteiger partial charge in [-0.2, -0.15) is 0 Å². The molecule has 0 spiro atoms. The van der Waals surface area contributed by atoms with E-state index in [4.69, 9.17) is 8.83 Å². The first-order valence-corrected chi connectivity index (χ1v) is 6.71. The summed E-state index contributed by atoms with van der Waals surface area (Å²) in [6.45, 7) is 2.14. The maximum Gasteiger partial charge on any atom is 0.225 e. The van der Waals surface area contributed by atoms with Gasteiger partial charge in [0.25, 0.3) is 0 Å². The minimum absolute atomic E-state index is 0.614. The van der Waals surface area contributed by atoms with Crippen molar-refractivity contribution in [3.63, 3.8) is 0 Å². The van der Waals surface area contributed by atoms with Crippen LogP contribution in [0.1, 0.15) is 12.5 Å². The van der Waals surface area contributed by atoms with Gasteiger partial charge >= 0.3 is 0 Å². The number of aryl methyl sites for hydroxylation is 1. The van der Waals surface area contributed by atoms with Gasteiger partial charge in [-0.05, 0) is 30.2 Å². The molecule has 0 radical (unpaired) electrons. The number of nitrogens with zero attached hydrogens (tertiary/aromatic N) is 1. The van der Waals surface area contributed by atoms with E-state index in [2.05, 4.69) is 36.2 Å². The van der Waals surface area contributed by atoms with Crippen molar-refractivity contribution < 1.29 is 8.83 Å². The third-order valence-corrected chi connectivity index (χ3v) is 3.64. The minimum atomic E-state index is 0.614. The summed E-state index contributed by atoms with van der Waals surface area (Å²) in [5.41, 5.74) is 4.02. The van der Waals surface area contributed by atoms with E-state index in [1.165, 1.54) is 10.9 Å². The van der Waals surface area contributed by atoms with Crippen LogP contribution in [0.4, 0.5) is 0 Å². The fraction of sp³-hybridized carbons (Fsp3) is 0.118. The van der Waals surface area contributed by atoms with Crippen molar-refractivity contribution >= 4 is 21.9 Å². The Bertz CT molecular complexity index is 888. The lowest BCUT2D eigenvalue weighted by Gasteiger charge is -1.96. The maximum absolute atomic E-state index is 6.04. The number of oxazole rings is 1. The van der Waals surface area contributed by atoms with Crippen molar-refractivity contribution in [2.24, 2.45) is 0 Å². The lowest BCUT2D eigenvalue weighted by molar-refractivity contribution is 0.574. The Morgan fingerprint density at radius 1 is 1.10 bits per heavy atom. The van der Waals surface area contributed by atoms with Crippen LogP contribution in [-0.2, 0) is 6.42 Å². The Morgan fingerprint density at radius 2 is 2.05 bits per heavy atom. The summed E-state index contributed by atoms with van der Waals surface area (Å²) in [4.78, 5) is 4.17. The van der Waals surface area contributed by atoms with E-state index in [1.54, 1.807) is 12.5 Å². The van der Waals surface area contributed by atoms with Crippen LogP contribution in [0.3, 0.4) is 0 Å². The molecule has 2 aromatic heterocycles. The predicted molar refractivity (Wildman–Crippen MR) is 78.6 cm³/mol. The second-order valence-corrected chi connectivity index (χ2v) is 4.80. The largest absolute Gasteiger partial charge is 0.456 e. The van der Waals surface area contributed by atoms with E-state index < -0.39 is 0 Å². The van der Waals surface area contributed by atoms with Gasteiger partial charge in [-0.1, -0.05) is 25.1 Å². The van der Waals surface area contributed by atoms with Crippen molar-refractivity contribution in [1.29, 1.82) is 0 Å². The van der Waals surface area contributed by atoms with Gasteiger partial charge in [0.1, 0.15) is 17.4 Å². The molecular formula is C17H13NO2. The van der Waals surface area contributed by atoms with Crippen molar-refractivity contribution in [3.8, 4) is 11.5 Å². The van der Waals surface area contributed by atoms with E-state index in [0.29, 0.717) is 5.89 Å². The van der Waals surface area contributed by atoms with Gasteiger partial charge in [0.15, 0.2) is 0 Å². The Balaban J connectivity index is 2.02. The molecule has 0 unspecified atom stereocenters. The summed E-state index contributed by atoms with van der Waals surface area (Å²) in [5.74, 6) is 0.614. The summed E-state index contributed by atoms with van der Waals surface area (Å²) in [7, 11) is 0. The third-order valence-electron chi connectivity index (χ3n) is 3.64. The molecule has 0 amide bonds. The average molecular weight is 263 g/mol. The normalized spacial score (nSPS) is 11.4. The minimum Gasteiger partial charge on any atom is -0.456 e. The SMILES string of the molecule is CCc1cccc2c1oc1cc(-c3ncco3)ccc12. The molecule has 4 aromatic rings. The van der Waals surface area contributed by atoms with Crippen LogP contribution < -0.4 is 0 Å². The highest BCUT2D eigenvalue weighted by Gasteiger charge is 2.11. The zero-order valence-electron chi connectivity index (χ0n) is 11.1.